The highest BCUT2D eigenvalue weighted by Crippen LogP contribution is 2.43. The quantitative estimate of drug-likeness (QED) is 0.281. The van der Waals surface area contributed by atoms with E-state index < -0.39 is 6.17 Å². The lowest BCUT2D eigenvalue weighted by molar-refractivity contribution is -0.497. The standard InChI is InChI=1S/C16H16N2O2S2/c1-16(2)14(17(19)11-13-9-6-10-20-13)18(15(21)22-16)12-7-4-3-5-8-12/h3-11,14H,1-2H3/b17-11+. The fraction of sp³-hybridized carbons (Fsp3) is 0.250. The summed E-state index contributed by atoms with van der Waals surface area (Å²) in [7, 11) is 0. The molecule has 1 aliphatic rings. The zero-order valence-electron chi connectivity index (χ0n) is 12.3. The monoisotopic (exact) mass is 332 g/mol. The van der Waals surface area contributed by atoms with Gasteiger partial charge < -0.3 is 9.62 Å². The molecule has 6 heteroatoms. The molecule has 1 aromatic heterocycles. The fourth-order valence-electron chi connectivity index (χ4n) is 2.55. The summed E-state index contributed by atoms with van der Waals surface area (Å²) >= 11 is 7.04. The summed E-state index contributed by atoms with van der Waals surface area (Å²) in [5.74, 6) is 0.529. The van der Waals surface area contributed by atoms with Crippen LogP contribution in [0.3, 0.4) is 0 Å². The highest BCUT2D eigenvalue weighted by atomic mass is 32.2. The first kappa shape index (κ1) is 15.1. The van der Waals surface area contributed by atoms with Gasteiger partial charge in [-0.15, -0.1) is 0 Å². The predicted octanol–water partition coefficient (Wildman–Crippen LogP) is 3.85. The minimum absolute atomic E-state index is 0.336. The maximum absolute atomic E-state index is 12.7. The van der Waals surface area contributed by atoms with Gasteiger partial charge >= 0.3 is 0 Å². The maximum Gasteiger partial charge on any atom is 0.258 e. The molecule has 4 nitrogen and oxygen atoms in total. The van der Waals surface area contributed by atoms with Crippen molar-refractivity contribution in [1.29, 1.82) is 0 Å². The number of thioether (sulfide) groups is 1. The smallest absolute Gasteiger partial charge is 0.258 e. The normalized spacial score (nSPS) is 21.4. The molecule has 1 atom stereocenters. The molecule has 0 bridgehead atoms. The summed E-state index contributed by atoms with van der Waals surface area (Å²) in [5.41, 5.74) is 0.921. The van der Waals surface area contributed by atoms with E-state index in [0.29, 0.717) is 10.1 Å². The van der Waals surface area contributed by atoms with Crippen LogP contribution < -0.4 is 4.90 Å². The number of hydrogen-bond acceptors (Lipinski definition) is 4. The van der Waals surface area contributed by atoms with Crippen LogP contribution in [0.1, 0.15) is 19.6 Å². The van der Waals surface area contributed by atoms with Crippen LogP contribution in [0.15, 0.2) is 53.1 Å². The molecule has 0 aliphatic carbocycles. The summed E-state index contributed by atoms with van der Waals surface area (Å²) in [4.78, 5) is 1.91. The molecule has 114 valence electrons. The summed E-state index contributed by atoms with van der Waals surface area (Å²) in [6.45, 7) is 4.05. The summed E-state index contributed by atoms with van der Waals surface area (Å²) in [6, 6.07) is 13.3. The van der Waals surface area contributed by atoms with Gasteiger partial charge in [0.2, 0.25) is 6.21 Å². The number of rotatable bonds is 3. The molecule has 0 spiro atoms. The largest absolute Gasteiger partial charge is 0.622 e. The molecule has 1 aromatic carbocycles. The first-order valence-corrected chi connectivity index (χ1v) is 8.12. The molecule has 0 radical (unpaired) electrons. The number of hydrogen-bond donors (Lipinski definition) is 0. The Balaban J connectivity index is 2.03. The predicted molar refractivity (Wildman–Crippen MR) is 94.5 cm³/mol. The van der Waals surface area contributed by atoms with Crippen LogP contribution in [-0.4, -0.2) is 26.2 Å². The number of benzene rings is 1. The average Bonchev–Trinajstić information content (AvgIpc) is 3.04. The van der Waals surface area contributed by atoms with Gasteiger partial charge in [-0.3, -0.25) is 4.90 Å². The number of thiocarbonyl (C=S) groups is 1. The number of para-hydroxylation sites is 1. The third kappa shape index (κ3) is 2.76. The average molecular weight is 332 g/mol. The van der Waals surface area contributed by atoms with Gasteiger partial charge in [-0.25, -0.2) is 0 Å². The van der Waals surface area contributed by atoms with E-state index in [9.17, 15) is 5.21 Å². The zero-order chi connectivity index (χ0) is 15.7. The van der Waals surface area contributed by atoms with Crippen LogP contribution in [0.25, 0.3) is 0 Å². The van der Waals surface area contributed by atoms with E-state index in [1.165, 1.54) is 18.0 Å². The van der Waals surface area contributed by atoms with Gasteiger partial charge in [-0.1, -0.05) is 42.2 Å². The molecule has 2 aromatic rings. The molecule has 2 heterocycles. The highest BCUT2D eigenvalue weighted by molar-refractivity contribution is 8.24. The van der Waals surface area contributed by atoms with E-state index in [1.807, 2.05) is 49.1 Å². The third-order valence-electron chi connectivity index (χ3n) is 3.49. The van der Waals surface area contributed by atoms with Crippen LogP contribution in [0, 0.1) is 5.21 Å². The second-order valence-electron chi connectivity index (χ2n) is 5.56. The Labute approximate surface area is 139 Å². The van der Waals surface area contributed by atoms with Gasteiger partial charge in [0.1, 0.15) is 9.07 Å². The van der Waals surface area contributed by atoms with Crippen LogP contribution in [0.5, 0.6) is 0 Å². The first-order valence-electron chi connectivity index (χ1n) is 6.90. The van der Waals surface area contributed by atoms with Crippen molar-refractivity contribution < 1.29 is 9.16 Å². The van der Waals surface area contributed by atoms with Crippen molar-refractivity contribution in [3.63, 3.8) is 0 Å². The first-order chi connectivity index (χ1) is 10.5. The summed E-state index contributed by atoms with van der Waals surface area (Å²) in [5, 5.41) is 12.7. The molecule has 1 fully saturated rings. The number of anilines is 1. The van der Waals surface area contributed by atoms with Gasteiger partial charge in [-0.05, 0) is 38.1 Å². The van der Waals surface area contributed by atoms with Crippen molar-refractivity contribution in [3.8, 4) is 0 Å². The summed E-state index contributed by atoms with van der Waals surface area (Å²) < 4.78 is 6.54. The van der Waals surface area contributed by atoms with E-state index in [0.717, 1.165) is 10.4 Å². The molecule has 0 N–H and O–H groups in total. The van der Waals surface area contributed by atoms with E-state index in [-0.39, 0.29) is 4.75 Å². The third-order valence-corrected chi connectivity index (χ3v) is 5.04. The Morgan fingerprint density at radius 2 is 2.00 bits per heavy atom. The fourth-order valence-corrected chi connectivity index (χ4v) is 4.47. The Kier molecular flexibility index (Phi) is 3.97. The van der Waals surface area contributed by atoms with Crippen molar-refractivity contribution in [1.82, 2.24) is 0 Å². The van der Waals surface area contributed by atoms with Crippen molar-refractivity contribution in [2.75, 3.05) is 4.90 Å². The molecular formula is C16H16N2O2S2. The van der Waals surface area contributed by atoms with Crippen molar-refractivity contribution in [2.45, 2.75) is 24.8 Å². The van der Waals surface area contributed by atoms with Crippen molar-refractivity contribution in [2.24, 2.45) is 0 Å². The lowest BCUT2D eigenvalue weighted by Gasteiger charge is -2.29. The SMILES string of the molecule is CC1(C)SC(=S)N(c2ccccc2)C1/[N+]([O-])=C\c1ccco1. The molecule has 0 amide bonds. The molecule has 3 rings (SSSR count). The molecular weight excluding hydrogens is 316 g/mol. The maximum atomic E-state index is 12.7. The lowest BCUT2D eigenvalue weighted by atomic mass is 10.1. The van der Waals surface area contributed by atoms with Crippen LogP contribution in [0.2, 0.25) is 0 Å². The number of nitrogens with zero attached hydrogens (tertiary/aromatic N) is 2. The van der Waals surface area contributed by atoms with E-state index in [4.69, 9.17) is 16.6 Å². The lowest BCUT2D eigenvalue weighted by Crippen LogP contribution is -2.48. The molecule has 22 heavy (non-hydrogen) atoms. The highest BCUT2D eigenvalue weighted by Gasteiger charge is 2.51. The minimum atomic E-state index is -0.433. The van der Waals surface area contributed by atoms with Crippen molar-refractivity contribution >= 4 is 40.2 Å². The second kappa shape index (κ2) is 5.78. The topological polar surface area (TPSA) is 42.5 Å². The van der Waals surface area contributed by atoms with E-state index in [2.05, 4.69) is 0 Å². The minimum Gasteiger partial charge on any atom is -0.622 e. The molecule has 1 aliphatic heterocycles. The number of furan rings is 1. The Morgan fingerprint density at radius 3 is 2.64 bits per heavy atom. The second-order valence-corrected chi connectivity index (χ2v) is 7.84. The van der Waals surface area contributed by atoms with E-state index >= 15 is 0 Å². The summed E-state index contributed by atoms with van der Waals surface area (Å²) in [6.07, 6.45) is 2.59. The van der Waals surface area contributed by atoms with Crippen LogP contribution in [-0.2, 0) is 0 Å². The van der Waals surface area contributed by atoms with Gasteiger partial charge in [-0.2, -0.15) is 4.74 Å². The van der Waals surface area contributed by atoms with Crippen LogP contribution in [0.4, 0.5) is 5.69 Å². The Morgan fingerprint density at radius 1 is 1.27 bits per heavy atom. The van der Waals surface area contributed by atoms with Crippen LogP contribution >= 0.6 is 24.0 Å². The molecule has 1 saturated heterocycles. The van der Waals surface area contributed by atoms with Gasteiger partial charge in [0.15, 0.2) is 5.76 Å². The van der Waals surface area contributed by atoms with Gasteiger partial charge in [0, 0.05) is 5.69 Å². The van der Waals surface area contributed by atoms with E-state index in [1.54, 1.807) is 18.4 Å². The van der Waals surface area contributed by atoms with Gasteiger partial charge in [0.25, 0.3) is 6.17 Å². The van der Waals surface area contributed by atoms with Crippen molar-refractivity contribution in [3.05, 3.63) is 59.7 Å². The Hall–Kier alpha value is -1.79. The molecule has 0 saturated carbocycles. The van der Waals surface area contributed by atoms with Gasteiger partial charge in [0.05, 0.1) is 6.26 Å². The molecule has 1 unspecified atom stereocenters. The zero-order valence-corrected chi connectivity index (χ0v) is 13.9. The Bertz CT molecular complexity index is 696. The number of hydroxylamine groups is 1.